The fraction of sp³-hybridized carbons (Fsp3) is 0.329. The van der Waals surface area contributed by atoms with Gasteiger partial charge in [0.25, 0.3) is 0 Å². The summed E-state index contributed by atoms with van der Waals surface area (Å²) >= 11 is 0. The Morgan fingerprint density at radius 1 is 0.266 bits per heavy atom. The highest BCUT2D eigenvalue weighted by Crippen LogP contribution is 2.43. The molecule has 0 aliphatic rings. The molecule has 0 spiro atoms. The summed E-state index contributed by atoms with van der Waals surface area (Å²) < 4.78 is 2.44. The maximum Gasteiger partial charge on any atom is 0.164 e. The monoisotopic (exact) mass is 1040 g/mol. The van der Waals surface area contributed by atoms with Crippen LogP contribution in [0.2, 0.25) is 0 Å². The molecule has 0 saturated carbocycles. The lowest BCUT2D eigenvalue weighted by atomic mass is 9.79. The molecule has 0 atom stereocenters. The van der Waals surface area contributed by atoms with E-state index >= 15 is 0 Å². The van der Waals surface area contributed by atoms with E-state index in [0.717, 1.165) is 61.5 Å². The summed E-state index contributed by atoms with van der Waals surface area (Å²) in [6.07, 6.45) is 0. The van der Waals surface area contributed by atoms with Crippen molar-refractivity contribution in [2.24, 2.45) is 0 Å². The van der Waals surface area contributed by atoms with E-state index in [-0.39, 0.29) is 32.5 Å². The molecule has 0 N–H and O–H groups in total. The molecule has 0 radical (unpaired) electrons. The number of hydrogen-bond acceptors (Lipinski definition) is 5. The van der Waals surface area contributed by atoms with Gasteiger partial charge in [-0.15, -0.1) is 0 Å². The Morgan fingerprint density at radius 3 is 1.04 bits per heavy atom. The van der Waals surface area contributed by atoms with Gasteiger partial charge in [-0.3, -0.25) is 0 Å². The van der Waals surface area contributed by atoms with Gasteiger partial charge >= 0.3 is 0 Å². The third-order valence-electron chi connectivity index (χ3n) is 15.6. The first-order chi connectivity index (χ1) is 36.9. The SMILES string of the molecule is CC(C)(C)c1cc(-c2nc(-c3cc(C(C)(C)C)cc(C(C)(C)C)c3)nc(-c3ccc(-n4c5ccc(C(C)(C)C)cc5c5cc(C(C)(C)C)ccc54)c(-c4cc(-c5ccccc5)nc(-c5ccccc5)n4)c3)n2)cc(C(C)(C)C)c1. The van der Waals surface area contributed by atoms with Crippen LogP contribution in [0, 0.1) is 0 Å². The molecule has 0 aliphatic heterocycles. The first-order valence-corrected chi connectivity index (χ1v) is 28.2. The van der Waals surface area contributed by atoms with Crippen LogP contribution >= 0.6 is 0 Å². The molecule has 0 saturated heterocycles. The van der Waals surface area contributed by atoms with Crippen LogP contribution in [0.3, 0.4) is 0 Å². The van der Waals surface area contributed by atoms with E-state index in [0.29, 0.717) is 23.3 Å². The topological polar surface area (TPSA) is 69.4 Å². The predicted octanol–water partition coefficient (Wildman–Crippen LogP) is 19.5. The Balaban J connectivity index is 1.32. The smallest absolute Gasteiger partial charge is 0.164 e. The summed E-state index contributed by atoms with van der Waals surface area (Å²) in [5, 5.41) is 2.43. The third kappa shape index (κ3) is 11.2. The molecule has 3 heterocycles. The van der Waals surface area contributed by atoms with Crippen LogP contribution in [0.1, 0.15) is 158 Å². The van der Waals surface area contributed by atoms with Crippen molar-refractivity contribution in [2.45, 2.75) is 157 Å². The highest BCUT2D eigenvalue weighted by molar-refractivity contribution is 6.10. The van der Waals surface area contributed by atoms with Crippen molar-refractivity contribution >= 4 is 21.8 Å². The normalized spacial score (nSPS) is 12.9. The van der Waals surface area contributed by atoms with Crippen LogP contribution in [-0.4, -0.2) is 29.5 Å². The molecule has 7 aromatic carbocycles. The van der Waals surface area contributed by atoms with Crippen molar-refractivity contribution in [1.82, 2.24) is 29.5 Å². The molecule has 3 aromatic heterocycles. The van der Waals surface area contributed by atoms with Crippen molar-refractivity contribution < 1.29 is 0 Å². The second kappa shape index (κ2) is 19.7. The minimum atomic E-state index is -0.119. The fourth-order valence-corrected chi connectivity index (χ4v) is 10.4. The van der Waals surface area contributed by atoms with Crippen molar-refractivity contribution in [1.29, 1.82) is 0 Å². The molecule has 402 valence electrons. The van der Waals surface area contributed by atoms with Crippen molar-refractivity contribution in [2.75, 3.05) is 0 Å². The highest BCUT2D eigenvalue weighted by Gasteiger charge is 2.28. The standard InChI is InChI=1S/C73H80N6/c1-68(2,3)50-30-33-61-56(42-50)57-43-51(69(4,5)6)31-34-62(57)79(61)63-32-29-47(39-58(63)60-44-59(45-25-21-19-22-26-45)74-64(75-60)46-27-23-20-24-28-46)65-76-66(48-35-52(70(7,8)9)40-53(36-48)71(10,11)12)78-67(77-65)49-37-54(72(13,14)15)41-55(38-49)73(16,17)18/h19-44H,1-18H3. The van der Waals surface area contributed by atoms with Gasteiger partial charge in [0.15, 0.2) is 23.3 Å². The molecule has 0 aliphatic carbocycles. The average molecular weight is 1040 g/mol. The zero-order chi connectivity index (χ0) is 56.8. The summed E-state index contributed by atoms with van der Waals surface area (Å²) in [7, 11) is 0. The number of fused-ring (bicyclic) bond motifs is 3. The van der Waals surface area contributed by atoms with Gasteiger partial charge in [0, 0.05) is 44.2 Å². The van der Waals surface area contributed by atoms with Gasteiger partial charge in [0.05, 0.1) is 28.1 Å². The van der Waals surface area contributed by atoms with Gasteiger partial charge in [0.2, 0.25) is 0 Å². The second-order valence-electron chi connectivity index (χ2n) is 28.1. The lowest BCUT2D eigenvalue weighted by Gasteiger charge is -2.26. The third-order valence-corrected chi connectivity index (χ3v) is 15.6. The maximum absolute atomic E-state index is 5.55. The highest BCUT2D eigenvalue weighted by atomic mass is 15.0. The van der Waals surface area contributed by atoms with E-state index in [2.05, 4.69) is 275 Å². The quantitative estimate of drug-likeness (QED) is 0.159. The molecule has 10 rings (SSSR count). The van der Waals surface area contributed by atoms with Crippen molar-refractivity contribution in [3.8, 4) is 73.8 Å². The Labute approximate surface area is 470 Å². The Hall–Kier alpha value is -7.57. The van der Waals surface area contributed by atoms with Gasteiger partial charge in [0.1, 0.15) is 0 Å². The molecule has 0 unspecified atom stereocenters. The lowest BCUT2D eigenvalue weighted by Crippen LogP contribution is -2.17. The molecular weight excluding hydrogens is 961 g/mol. The van der Waals surface area contributed by atoms with Gasteiger partial charge in [-0.2, -0.15) is 0 Å². The summed E-state index contributed by atoms with van der Waals surface area (Å²) in [6, 6.07) is 57.5. The number of aromatic nitrogens is 6. The van der Waals surface area contributed by atoms with Gasteiger partial charge in [-0.25, -0.2) is 24.9 Å². The predicted molar refractivity (Wildman–Crippen MR) is 335 cm³/mol. The molecule has 0 amide bonds. The second-order valence-corrected chi connectivity index (χ2v) is 28.1. The molecule has 79 heavy (non-hydrogen) atoms. The van der Waals surface area contributed by atoms with E-state index < -0.39 is 0 Å². The average Bonchev–Trinajstić information content (AvgIpc) is 3.95. The van der Waals surface area contributed by atoms with Crippen LogP contribution < -0.4 is 0 Å². The Kier molecular flexibility index (Phi) is 13.6. The van der Waals surface area contributed by atoms with Crippen LogP contribution in [0.25, 0.3) is 95.6 Å². The first kappa shape index (κ1) is 54.8. The van der Waals surface area contributed by atoms with Crippen LogP contribution in [0.5, 0.6) is 0 Å². The van der Waals surface area contributed by atoms with E-state index in [1.807, 2.05) is 12.1 Å². The Bertz CT molecular complexity index is 3640. The van der Waals surface area contributed by atoms with Gasteiger partial charge < -0.3 is 4.57 Å². The summed E-state index contributed by atoms with van der Waals surface area (Å²) in [5.41, 5.74) is 17.4. The van der Waals surface area contributed by atoms with Crippen LogP contribution in [0.15, 0.2) is 158 Å². The van der Waals surface area contributed by atoms with Crippen LogP contribution in [-0.2, 0) is 32.5 Å². The number of hydrogen-bond donors (Lipinski definition) is 0. The molecular formula is C73H80N6. The number of rotatable bonds is 7. The Morgan fingerprint density at radius 2 is 0.633 bits per heavy atom. The molecule has 6 heteroatoms. The molecule has 0 bridgehead atoms. The number of benzene rings is 7. The fourth-order valence-electron chi connectivity index (χ4n) is 10.4. The van der Waals surface area contributed by atoms with Gasteiger partial charge in [-0.05, 0) is 139 Å². The molecule has 10 aromatic rings. The minimum Gasteiger partial charge on any atom is -0.309 e. The van der Waals surface area contributed by atoms with E-state index in [4.69, 9.17) is 24.9 Å². The molecule has 6 nitrogen and oxygen atoms in total. The summed E-state index contributed by atoms with van der Waals surface area (Å²) in [6.45, 7) is 41.1. The largest absolute Gasteiger partial charge is 0.309 e. The van der Waals surface area contributed by atoms with Crippen molar-refractivity contribution in [3.05, 3.63) is 191 Å². The number of nitrogens with zero attached hydrogens (tertiary/aromatic N) is 6. The molecule has 0 fully saturated rings. The van der Waals surface area contributed by atoms with Crippen LogP contribution in [0.4, 0.5) is 0 Å². The minimum absolute atomic E-state index is 0.0489. The summed E-state index contributed by atoms with van der Waals surface area (Å²) in [4.78, 5) is 27.4. The first-order valence-electron chi connectivity index (χ1n) is 28.2. The van der Waals surface area contributed by atoms with E-state index in [9.17, 15) is 0 Å². The zero-order valence-corrected chi connectivity index (χ0v) is 50.2. The van der Waals surface area contributed by atoms with Gasteiger partial charge in [-0.1, -0.05) is 210 Å². The maximum atomic E-state index is 5.55. The van der Waals surface area contributed by atoms with Crippen molar-refractivity contribution in [3.63, 3.8) is 0 Å². The lowest BCUT2D eigenvalue weighted by molar-refractivity contribution is 0.568. The zero-order valence-electron chi connectivity index (χ0n) is 50.2. The summed E-state index contributed by atoms with van der Waals surface area (Å²) in [5.74, 6) is 2.49. The van der Waals surface area contributed by atoms with E-state index in [1.165, 1.54) is 44.2 Å². The van der Waals surface area contributed by atoms with E-state index in [1.54, 1.807) is 0 Å².